The van der Waals surface area contributed by atoms with E-state index in [9.17, 15) is 4.21 Å². The predicted octanol–water partition coefficient (Wildman–Crippen LogP) is 9.68. The summed E-state index contributed by atoms with van der Waals surface area (Å²) in [6.45, 7) is 10.6. The topological polar surface area (TPSA) is 38.3 Å². The maximum atomic E-state index is 13.8. The Kier molecular flexibility index (Phi) is 9.15. The van der Waals surface area contributed by atoms with Crippen molar-refractivity contribution in [2.75, 3.05) is 0 Å². The van der Waals surface area contributed by atoms with Crippen molar-refractivity contribution in [3.8, 4) is 22.6 Å². The van der Waals surface area contributed by atoms with Crippen molar-refractivity contribution in [1.82, 2.24) is 4.72 Å². The second-order valence-electron chi connectivity index (χ2n) is 14.0. The van der Waals surface area contributed by atoms with Crippen LogP contribution in [0.3, 0.4) is 0 Å². The molecule has 1 aliphatic rings. The van der Waals surface area contributed by atoms with Gasteiger partial charge in [-0.05, 0) is 56.0 Å². The third kappa shape index (κ3) is 6.54. The van der Waals surface area contributed by atoms with Crippen molar-refractivity contribution in [1.29, 1.82) is 0 Å². The van der Waals surface area contributed by atoms with Crippen LogP contribution in [-0.4, -0.2) is 8.96 Å². The molecule has 1 heterocycles. The Balaban J connectivity index is 1.38. The molecule has 3 nitrogen and oxygen atoms in total. The van der Waals surface area contributed by atoms with Gasteiger partial charge in [0, 0.05) is 27.4 Å². The molecule has 6 aromatic carbocycles. The summed E-state index contributed by atoms with van der Waals surface area (Å²) in [4.78, 5) is 0. The van der Waals surface area contributed by atoms with Crippen LogP contribution in [0.2, 0.25) is 0 Å². The minimum Gasteiger partial charge on any atom is -0.456 e. The Morgan fingerprint density at radius 3 is 1.69 bits per heavy atom. The second kappa shape index (κ2) is 13.5. The van der Waals surface area contributed by atoms with Crippen LogP contribution in [0.1, 0.15) is 62.9 Å². The van der Waals surface area contributed by atoms with Gasteiger partial charge in [0.1, 0.15) is 11.5 Å². The molecule has 0 unspecified atom stereocenters. The number of ether oxygens (including phenoxy) is 1. The van der Waals surface area contributed by atoms with E-state index in [1.54, 1.807) is 0 Å². The summed E-state index contributed by atoms with van der Waals surface area (Å²) in [5, 5.41) is 3.74. The number of hydrogen-bond donors (Lipinski definition) is 1. The van der Waals surface area contributed by atoms with E-state index in [2.05, 4.69) is 164 Å². The lowest BCUT2D eigenvalue weighted by Gasteiger charge is -2.38. The number of benzene rings is 6. The highest BCUT2D eigenvalue weighted by Gasteiger charge is 2.39. The molecule has 0 radical (unpaired) electrons. The van der Waals surface area contributed by atoms with Gasteiger partial charge < -0.3 is 4.74 Å². The van der Waals surface area contributed by atoms with E-state index in [0.29, 0.717) is 0 Å². The van der Waals surface area contributed by atoms with Crippen LogP contribution < -0.4 is 25.4 Å². The number of fused-ring (bicyclic) bond motifs is 2. The Bertz CT molecular complexity index is 2050. The highest BCUT2D eigenvalue weighted by Crippen LogP contribution is 2.52. The van der Waals surface area contributed by atoms with Gasteiger partial charge in [0.2, 0.25) is 0 Å². The van der Waals surface area contributed by atoms with Crippen molar-refractivity contribution in [2.24, 2.45) is 0 Å². The zero-order valence-corrected chi connectivity index (χ0v) is 30.4. The van der Waals surface area contributed by atoms with Gasteiger partial charge >= 0.3 is 0 Å². The molecule has 0 fully saturated rings. The standard InChI is InChI=1S/C44H42NO2PS/c1-43(2,3)49(46)45-40(33-29-27-32(28-30-33)31-17-9-6-10-18-31)36-23-15-24-37-41(36)47-42-38(44(37,4)5)25-16-26-39(42)48(34-19-11-7-12-20-34)35-21-13-8-14-22-35/h6-30,40,45H,1-5H3/t40-,49+/m0/s1. The number of hydrogen-bond acceptors (Lipinski definition) is 2. The van der Waals surface area contributed by atoms with Crippen LogP contribution in [0.5, 0.6) is 11.5 Å². The van der Waals surface area contributed by atoms with Crippen LogP contribution in [0.4, 0.5) is 0 Å². The van der Waals surface area contributed by atoms with Crippen molar-refractivity contribution < 1.29 is 8.95 Å². The van der Waals surface area contributed by atoms with E-state index in [1.165, 1.54) is 21.5 Å². The van der Waals surface area contributed by atoms with Crippen LogP contribution >= 0.6 is 7.92 Å². The van der Waals surface area contributed by atoms with Crippen molar-refractivity contribution >= 4 is 34.8 Å². The van der Waals surface area contributed by atoms with Gasteiger partial charge in [-0.1, -0.05) is 166 Å². The van der Waals surface area contributed by atoms with Crippen molar-refractivity contribution in [2.45, 2.75) is 50.8 Å². The summed E-state index contributed by atoms with van der Waals surface area (Å²) in [6, 6.07) is 53.2. The quantitative estimate of drug-likeness (QED) is 0.163. The first kappa shape index (κ1) is 33.2. The van der Waals surface area contributed by atoms with Crippen LogP contribution in [0.25, 0.3) is 11.1 Å². The zero-order chi connectivity index (χ0) is 34.2. The second-order valence-corrected chi connectivity index (χ2v) is 18.2. The summed E-state index contributed by atoms with van der Waals surface area (Å²) in [6.07, 6.45) is 0. The lowest BCUT2D eigenvalue weighted by molar-refractivity contribution is 0.413. The summed E-state index contributed by atoms with van der Waals surface area (Å²) in [5.74, 6) is 1.75. The molecule has 0 amide bonds. The third-order valence-corrected chi connectivity index (χ3v) is 13.3. The summed E-state index contributed by atoms with van der Waals surface area (Å²) in [5.41, 5.74) is 6.25. The molecule has 1 N–H and O–H groups in total. The first-order valence-electron chi connectivity index (χ1n) is 16.8. The molecule has 0 saturated heterocycles. The SMILES string of the molecule is CC1(C)c2cccc([C@@H](N[S@](=O)C(C)(C)C)c3ccc(-c4ccccc4)cc3)c2Oc2c(P(c3ccccc3)c3ccccc3)cccc21. The smallest absolute Gasteiger partial charge is 0.139 e. The first-order valence-corrected chi connectivity index (χ1v) is 19.3. The summed E-state index contributed by atoms with van der Waals surface area (Å²) >= 11 is 0. The average molecular weight is 680 g/mol. The molecule has 2 atom stereocenters. The van der Waals surface area contributed by atoms with Gasteiger partial charge in [-0.15, -0.1) is 0 Å². The maximum Gasteiger partial charge on any atom is 0.139 e. The fraction of sp³-hybridized carbons (Fsp3) is 0.182. The first-order chi connectivity index (χ1) is 23.6. The fourth-order valence-electron chi connectivity index (χ4n) is 6.61. The molecular weight excluding hydrogens is 638 g/mol. The van der Waals surface area contributed by atoms with E-state index in [0.717, 1.165) is 39.3 Å². The monoisotopic (exact) mass is 679 g/mol. The molecule has 0 aromatic heterocycles. The molecule has 246 valence electrons. The molecule has 7 rings (SSSR count). The molecule has 0 saturated carbocycles. The van der Waals surface area contributed by atoms with Gasteiger partial charge in [-0.3, -0.25) is 0 Å². The van der Waals surface area contributed by atoms with Crippen molar-refractivity contribution in [3.63, 3.8) is 0 Å². The van der Waals surface area contributed by atoms with E-state index >= 15 is 0 Å². The average Bonchev–Trinajstić information content (AvgIpc) is 3.12. The lowest BCUT2D eigenvalue weighted by atomic mass is 9.74. The number of rotatable bonds is 8. The molecule has 1 aliphatic heterocycles. The maximum absolute atomic E-state index is 13.8. The normalized spacial score (nSPS) is 14.7. The summed E-state index contributed by atoms with van der Waals surface area (Å²) < 4.78 is 24.1. The highest BCUT2D eigenvalue weighted by atomic mass is 32.2. The Labute approximate surface area is 294 Å². The fourth-order valence-corrected chi connectivity index (χ4v) is 9.84. The Morgan fingerprint density at radius 1 is 0.612 bits per heavy atom. The molecule has 0 bridgehead atoms. The van der Waals surface area contributed by atoms with Crippen LogP contribution in [0, 0.1) is 0 Å². The Hall–Kier alpha value is -4.34. The minimum absolute atomic E-state index is 0.339. The third-order valence-electron chi connectivity index (χ3n) is 9.30. The van der Waals surface area contributed by atoms with Crippen LogP contribution in [0.15, 0.2) is 152 Å². The molecule has 49 heavy (non-hydrogen) atoms. The van der Waals surface area contributed by atoms with Gasteiger partial charge in [0.15, 0.2) is 0 Å². The molecule has 5 heteroatoms. The molecule has 6 aromatic rings. The van der Waals surface area contributed by atoms with E-state index in [1.807, 2.05) is 26.8 Å². The predicted molar refractivity (Wildman–Crippen MR) is 209 cm³/mol. The van der Waals surface area contributed by atoms with E-state index in [4.69, 9.17) is 4.74 Å². The van der Waals surface area contributed by atoms with Gasteiger partial charge in [0.05, 0.1) is 21.8 Å². The number of para-hydroxylation sites is 2. The van der Waals surface area contributed by atoms with Crippen molar-refractivity contribution in [3.05, 3.63) is 174 Å². The van der Waals surface area contributed by atoms with Crippen LogP contribution in [-0.2, 0) is 16.4 Å². The lowest BCUT2D eigenvalue weighted by Crippen LogP contribution is -2.37. The Morgan fingerprint density at radius 2 is 1.12 bits per heavy atom. The summed E-state index contributed by atoms with van der Waals surface area (Å²) in [7, 11) is -2.24. The largest absolute Gasteiger partial charge is 0.456 e. The van der Waals surface area contributed by atoms with E-state index in [-0.39, 0.29) is 11.5 Å². The minimum atomic E-state index is -1.34. The van der Waals surface area contributed by atoms with Gasteiger partial charge in [-0.25, -0.2) is 8.93 Å². The van der Waals surface area contributed by atoms with E-state index < -0.39 is 23.7 Å². The van der Waals surface area contributed by atoms with Gasteiger partial charge in [-0.2, -0.15) is 0 Å². The molecular formula is C44H42NO2PS. The van der Waals surface area contributed by atoms with Gasteiger partial charge in [0.25, 0.3) is 0 Å². The molecule has 0 spiro atoms. The zero-order valence-electron chi connectivity index (χ0n) is 28.7. The number of nitrogens with one attached hydrogen (secondary N) is 1. The molecule has 0 aliphatic carbocycles. The highest BCUT2D eigenvalue weighted by molar-refractivity contribution is 7.84.